The van der Waals surface area contributed by atoms with Crippen molar-refractivity contribution in [2.45, 2.75) is 0 Å². The highest BCUT2D eigenvalue weighted by molar-refractivity contribution is 6.34. The molecule has 0 saturated heterocycles. The van der Waals surface area contributed by atoms with E-state index in [-0.39, 0.29) is 0 Å². The molecule has 0 aliphatic rings. The van der Waals surface area contributed by atoms with E-state index >= 15 is 0 Å². The van der Waals surface area contributed by atoms with Crippen LogP contribution in [0.25, 0.3) is 10.9 Å². The van der Waals surface area contributed by atoms with Gasteiger partial charge >= 0.3 is 5.69 Å². The van der Waals surface area contributed by atoms with Crippen LogP contribution >= 0.6 is 11.6 Å². The Kier molecular flexibility index (Phi) is 2.95. The van der Waals surface area contributed by atoms with Gasteiger partial charge in [-0.1, -0.05) is 11.6 Å². The number of fused-ring (bicyclic) bond motifs is 1. The number of aromatic amines is 1. The topological polar surface area (TPSA) is 113 Å². The van der Waals surface area contributed by atoms with Gasteiger partial charge < -0.3 is 10.1 Å². The summed E-state index contributed by atoms with van der Waals surface area (Å²) in [7, 11) is 0. The fourth-order valence-electron chi connectivity index (χ4n) is 1.58. The van der Waals surface area contributed by atoms with Crippen LogP contribution in [0.4, 0.5) is 10.1 Å². The predicted octanol–water partition coefficient (Wildman–Crippen LogP) is 1.29. The number of nitrogens with zero attached hydrogens (tertiary/aromatic N) is 1. The summed E-state index contributed by atoms with van der Waals surface area (Å²) in [4.78, 5) is 34.8. The number of nitro groups is 1. The summed E-state index contributed by atoms with van der Waals surface area (Å²) in [5, 5.41) is 18.6. The largest absolute Gasteiger partial charge is 0.503 e. The quantitative estimate of drug-likeness (QED) is 0.606. The molecule has 1 aromatic heterocycles. The third-order valence-electron chi connectivity index (χ3n) is 2.37. The molecule has 98 valence electrons. The van der Waals surface area contributed by atoms with Gasteiger partial charge in [0.15, 0.2) is 22.0 Å². The molecule has 0 aliphatic carbocycles. The van der Waals surface area contributed by atoms with Crippen molar-refractivity contribution in [3.05, 3.63) is 53.7 Å². The lowest BCUT2D eigenvalue weighted by atomic mass is 10.2. The number of nitro benzene ring substituents is 1. The second-order valence-corrected chi connectivity index (χ2v) is 3.93. The van der Waals surface area contributed by atoms with Crippen LogP contribution in [-0.4, -0.2) is 15.0 Å². The molecule has 19 heavy (non-hydrogen) atoms. The summed E-state index contributed by atoms with van der Waals surface area (Å²) in [6.07, 6.45) is 0. The van der Waals surface area contributed by atoms with E-state index in [0.717, 1.165) is 0 Å². The average molecular weight is 287 g/mol. The Labute approximate surface area is 108 Å². The van der Waals surface area contributed by atoms with Crippen LogP contribution in [0.2, 0.25) is 5.02 Å². The normalized spacial score (nSPS) is 10.6. The molecular weight excluding hydrogens is 283 g/mol. The molecule has 0 bridgehead atoms. The summed E-state index contributed by atoms with van der Waals surface area (Å²) in [6, 6.07) is 1.18. The van der Waals surface area contributed by atoms with Gasteiger partial charge in [-0.05, 0) is 0 Å². The number of aromatic nitrogens is 1. The van der Waals surface area contributed by atoms with E-state index in [0.29, 0.717) is 12.1 Å². The zero-order valence-corrected chi connectivity index (χ0v) is 9.69. The number of nitrogens with one attached hydrogen (secondary N) is 1. The highest BCUT2D eigenvalue weighted by atomic mass is 35.5. The maximum absolute atomic E-state index is 13.4. The van der Waals surface area contributed by atoms with E-state index in [1.165, 1.54) is 0 Å². The highest BCUT2D eigenvalue weighted by Gasteiger charge is 2.24. The zero-order chi connectivity index (χ0) is 14.3. The standard InChI is InChI=1S/C10H4ClFN2O5/c11-8-3(12)1-4-7(9(8)14(18)19)5(15)2-6(16)10(17)13-4/h1-2,16H,(H,13,17). The van der Waals surface area contributed by atoms with Crippen LogP contribution in [0.3, 0.4) is 0 Å². The van der Waals surface area contributed by atoms with Crippen molar-refractivity contribution in [2.24, 2.45) is 0 Å². The summed E-state index contributed by atoms with van der Waals surface area (Å²) >= 11 is 5.45. The lowest BCUT2D eigenvalue weighted by Crippen LogP contribution is -2.03. The van der Waals surface area contributed by atoms with Gasteiger partial charge in [0.1, 0.15) is 5.39 Å². The Bertz CT molecular complexity index is 833. The average Bonchev–Trinajstić information content (AvgIpc) is 2.40. The van der Waals surface area contributed by atoms with Crippen LogP contribution < -0.4 is 11.0 Å². The predicted molar refractivity (Wildman–Crippen MR) is 64.1 cm³/mol. The van der Waals surface area contributed by atoms with Gasteiger partial charge in [-0.25, -0.2) is 4.39 Å². The molecule has 2 N–H and O–H groups in total. The van der Waals surface area contributed by atoms with Crippen LogP contribution in [0.1, 0.15) is 0 Å². The van der Waals surface area contributed by atoms with Gasteiger partial charge in [0.25, 0.3) is 5.56 Å². The van der Waals surface area contributed by atoms with Crippen molar-refractivity contribution >= 4 is 28.2 Å². The first-order valence-electron chi connectivity index (χ1n) is 4.75. The van der Waals surface area contributed by atoms with E-state index in [4.69, 9.17) is 11.6 Å². The first-order chi connectivity index (χ1) is 8.82. The Balaban J connectivity index is 3.23. The molecule has 2 rings (SSSR count). The lowest BCUT2D eigenvalue weighted by molar-refractivity contribution is -0.383. The van der Waals surface area contributed by atoms with Crippen LogP contribution in [0.15, 0.2) is 21.7 Å². The number of benzene rings is 1. The van der Waals surface area contributed by atoms with Crippen LogP contribution in [-0.2, 0) is 0 Å². The smallest absolute Gasteiger partial charge is 0.304 e. The molecule has 1 heterocycles. The summed E-state index contributed by atoms with van der Waals surface area (Å²) < 4.78 is 13.4. The Morgan fingerprint density at radius 3 is 2.58 bits per heavy atom. The molecule has 0 amide bonds. The molecule has 0 atom stereocenters. The van der Waals surface area contributed by atoms with Crippen molar-refractivity contribution in [2.75, 3.05) is 0 Å². The molecular formula is C10H4ClFN2O5. The van der Waals surface area contributed by atoms with Gasteiger partial charge in [0, 0.05) is 12.1 Å². The highest BCUT2D eigenvalue weighted by Crippen LogP contribution is 2.32. The monoisotopic (exact) mass is 286 g/mol. The van der Waals surface area contributed by atoms with Crippen molar-refractivity contribution in [3.63, 3.8) is 0 Å². The molecule has 0 saturated carbocycles. The first kappa shape index (κ1) is 13.0. The maximum Gasteiger partial charge on any atom is 0.304 e. The van der Waals surface area contributed by atoms with E-state index in [1.54, 1.807) is 0 Å². The van der Waals surface area contributed by atoms with E-state index in [9.17, 15) is 29.2 Å². The molecule has 9 heteroatoms. The molecule has 2 aromatic rings. The van der Waals surface area contributed by atoms with Crippen LogP contribution in [0.5, 0.6) is 5.75 Å². The molecule has 1 aromatic carbocycles. The number of hydrogen-bond donors (Lipinski definition) is 2. The van der Waals surface area contributed by atoms with Gasteiger partial charge in [-0.2, -0.15) is 0 Å². The second-order valence-electron chi connectivity index (χ2n) is 3.55. The molecule has 0 fully saturated rings. The number of rotatable bonds is 1. The molecule has 0 unspecified atom stereocenters. The number of H-pyrrole nitrogens is 1. The maximum atomic E-state index is 13.4. The minimum Gasteiger partial charge on any atom is -0.503 e. The summed E-state index contributed by atoms with van der Waals surface area (Å²) in [5.41, 5.74) is -3.50. The molecule has 7 nitrogen and oxygen atoms in total. The van der Waals surface area contributed by atoms with E-state index < -0.39 is 49.1 Å². The Morgan fingerprint density at radius 1 is 1.37 bits per heavy atom. The van der Waals surface area contributed by atoms with Gasteiger partial charge in [0.05, 0.1) is 10.4 Å². The summed E-state index contributed by atoms with van der Waals surface area (Å²) in [5.74, 6) is -2.10. The Morgan fingerprint density at radius 2 is 2.00 bits per heavy atom. The molecule has 0 radical (unpaired) electrons. The fourth-order valence-corrected chi connectivity index (χ4v) is 1.80. The third-order valence-corrected chi connectivity index (χ3v) is 2.73. The lowest BCUT2D eigenvalue weighted by Gasteiger charge is -1.99. The van der Waals surface area contributed by atoms with Gasteiger partial charge in [-0.3, -0.25) is 19.7 Å². The number of halogens is 2. The fraction of sp³-hybridized carbons (Fsp3) is 0. The second kappa shape index (κ2) is 4.32. The third kappa shape index (κ3) is 2.02. The Hall–Kier alpha value is -2.48. The number of hydrogen-bond acceptors (Lipinski definition) is 5. The van der Waals surface area contributed by atoms with Crippen molar-refractivity contribution in [1.82, 2.24) is 4.98 Å². The van der Waals surface area contributed by atoms with E-state index in [1.807, 2.05) is 4.98 Å². The number of aromatic hydroxyl groups is 1. The van der Waals surface area contributed by atoms with Gasteiger partial charge in [0.2, 0.25) is 0 Å². The molecule has 0 aliphatic heterocycles. The first-order valence-corrected chi connectivity index (χ1v) is 5.13. The zero-order valence-electron chi connectivity index (χ0n) is 8.94. The summed E-state index contributed by atoms with van der Waals surface area (Å²) in [6.45, 7) is 0. The molecule has 0 spiro atoms. The van der Waals surface area contributed by atoms with Crippen LogP contribution in [0, 0.1) is 15.9 Å². The van der Waals surface area contributed by atoms with Crippen molar-refractivity contribution in [3.8, 4) is 5.75 Å². The van der Waals surface area contributed by atoms with E-state index in [2.05, 4.69) is 0 Å². The SMILES string of the molecule is O=c1[nH]c2cc(F)c(Cl)c([N+](=O)[O-])c2c(=O)cc1O. The minimum atomic E-state index is -1.17. The van der Waals surface area contributed by atoms with Crippen molar-refractivity contribution in [1.29, 1.82) is 0 Å². The van der Waals surface area contributed by atoms with Crippen molar-refractivity contribution < 1.29 is 14.4 Å². The minimum absolute atomic E-state index is 0.427. The van der Waals surface area contributed by atoms with Gasteiger partial charge in [-0.15, -0.1) is 0 Å².